The monoisotopic (exact) mass is 344 g/mol. The lowest BCUT2D eigenvalue weighted by atomic mass is 9.81. The normalized spacial score (nSPS) is 12.9. The van der Waals surface area contributed by atoms with Crippen molar-refractivity contribution >= 4 is 11.8 Å². The van der Waals surface area contributed by atoms with Crippen LogP contribution in [-0.4, -0.2) is 33.6 Å². The molecule has 1 heterocycles. The van der Waals surface area contributed by atoms with E-state index >= 15 is 0 Å². The van der Waals surface area contributed by atoms with Gasteiger partial charge in [0.05, 0.1) is 12.6 Å². The summed E-state index contributed by atoms with van der Waals surface area (Å²) < 4.78 is 1.78. The molecule has 6 heteroatoms. The van der Waals surface area contributed by atoms with Gasteiger partial charge in [0, 0.05) is 24.2 Å². The average Bonchev–Trinajstić information content (AvgIpc) is 3.00. The van der Waals surface area contributed by atoms with Gasteiger partial charge in [-0.3, -0.25) is 10.00 Å². The highest BCUT2D eigenvalue weighted by Crippen LogP contribution is 2.25. The Morgan fingerprint density at radius 3 is 2.56 bits per heavy atom. The van der Waals surface area contributed by atoms with Gasteiger partial charge in [-0.05, 0) is 11.5 Å². The van der Waals surface area contributed by atoms with Gasteiger partial charge in [-0.25, -0.2) is 4.79 Å². The van der Waals surface area contributed by atoms with E-state index in [-0.39, 0.29) is 11.9 Å². The SMILES string of the molecule is CC(C)C(O)C(C)(C)CNC(=O)Nc1ccn(Cc2ccccc2)n1. The molecule has 0 aliphatic carbocycles. The van der Waals surface area contributed by atoms with Crippen molar-refractivity contribution in [2.45, 2.75) is 40.3 Å². The van der Waals surface area contributed by atoms with Gasteiger partial charge >= 0.3 is 6.03 Å². The third kappa shape index (κ3) is 5.60. The van der Waals surface area contributed by atoms with Crippen molar-refractivity contribution < 1.29 is 9.90 Å². The van der Waals surface area contributed by atoms with Crippen molar-refractivity contribution in [3.8, 4) is 0 Å². The summed E-state index contributed by atoms with van der Waals surface area (Å²) in [6, 6.07) is 11.4. The Labute approximate surface area is 149 Å². The minimum atomic E-state index is -0.488. The number of carbonyl (C=O) groups excluding carboxylic acids is 1. The van der Waals surface area contributed by atoms with Crippen LogP contribution in [0.4, 0.5) is 10.6 Å². The zero-order valence-electron chi connectivity index (χ0n) is 15.4. The average molecular weight is 344 g/mol. The van der Waals surface area contributed by atoms with Crippen molar-refractivity contribution in [1.82, 2.24) is 15.1 Å². The van der Waals surface area contributed by atoms with E-state index in [1.807, 2.05) is 64.2 Å². The number of hydrogen-bond donors (Lipinski definition) is 3. The summed E-state index contributed by atoms with van der Waals surface area (Å²) in [6.45, 7) is 8.83. The van der Waals surface area contributed by atoms with Gasteiger partial charge in [-0.2, -0.15) is 5.10 Å². The van der Waals surface area contributed by atoms with Crippen molar-refractivity contribution in [3.63, 3.8) is 0 Å². The number of aliphatic hydroxyl groups excluding tert-OH is 1. The van der Waals surface area contributed by atoms with E-state index in [0.29, 0.717) is 18.9 Å². The van der Waals surface area contributed by atoms with Crippen molar-refractivity contribution in [2.75, 3.05) is 11.9 Å². The topological polar surface area (TPSA) is 79.2 Å². The Balaban J connectivity index is 1.85. The fraction of sp³-hybridized carbons (Fsp3) is 0.474. The predicted molar refractivity (Wildman–Crippen MR) is 99.4 cm³/mol. The Kier molecular flexibility index (Phi) is 6.20. The zero-order valence-corrected chi connectivity index (χ0v) is 15.4. The van der Waals surface area contributed by atoms with Gasteiger partial charge in [0.2, 0.25) is 0 Å². The van der Waals surface area contributed by atoms with E-state index < -0.39 is 11.5 Å². The first-order valence-corrected chi connectivity index (χ1v) is 8.58. The number of nitrogens with one attached hydrogen (secondary N) is 2. The molecular weight excluding hydrogens is 316 g/mol. The second kappa shape index (κ2) is 8.16. The Hall–Kier alpha value is -2.34. The minimum absolute atomic E-state index is 0.133. The minimum Gasteiger partial charge on any atom is -0.392 e. The quantitative estimate of drug-likeness (QED) is 0.722. The molecule has 1 atom stereocenters. The molecular formula is C19H28N4O2. The lowest BCUT2D eigenvalue weighted by molar-refractivity contribution is 0.0154. The third-order valence-corrected chi connectivity index (χ3v) is 4.21. The van der Waals surface area contributed by atoms with Crippen molar-refractivity contribution in [2.24, 2.45) is 11.3 Å². The first-order chi connectivity index (χ1) is 11.8. The predicted octanol–water partition coefficient (Wildman–Crippen LogP) is 3.10. The molecule has 0 bridgehead atoms. The van der Waals surface area contributed by atoms with Gasteiger partial charge in [-0.1, -0.05) is 58.0 Å². The van der Waals surface area contributed by atoms with Gasteiger partial charge in [0.15, 0.2) is 5.82 Å². The molecule has 1 aromatic heterocycles. The van der Waals surface area contributed by atoms with Crippen LogP contribution in [0, 0.1) is 11.3 Å². The Bertz CT molecular complexity index is 680. The first-order valence-electron chi connectivity index (χ1n) is 8.58. The third-order valence-electron chi connectivity index (χ3n) is 4.21. The van der Waals surface area contributed by atoms with E-state index in [2.05, 4.69) is 15.7 Å². The van der Waals surface area contributed by atoms with Crippen LogP contribution < -0.4 is 10.6 Å². The van der Waals surface area contributed by atoms with E-state index in [1.165, 1.54) is 0 Å². The molecule has 6 nitrogen and oxygen atoms in total. The Morgan fingerprint density at radius 2 is 1.92 bits per heavy atom. The van der Waals surface area contributed by atoms with E-state index in [4.69, 9.17) is 0 Å². The molecule has 0 aliphatic rings. The molecule has 0 saturated heterocycles. The number of urea groups is 1. The summed E-state index contributed by atoms with van der Waals surface area (Å²) in [5.74, 6) is 0.629. The van der Waals surface area contributed by atoms with Crippen molar-refractivity contribution in [1.29, 1.82) is 0 Å². The maximum atomic E-state index is 12.1. The number of aliphatic hydroxyl groups is 1. The van der Waals surface area contributed by atoms with E-state index in [9.17, 15) is 9.90 Å². The number of hydrogen-bond acceptors (Lipinski definition) is 3. The summed E-state index contributed by atoms with van der Waals surface area (Å²) in [6.07, 6.45) is 1.34. The van der Waals surface area contributed by atoms with Gasteiger partial charge in [0.25, 0.3) is 0 Å². The second-order valence-electron chi connectivity index (χ2n) is 7.37. The standard InChI is InChI=1S/C19H28N4O2/c1-14(2)17(24)19(3,4)13-20-18(25)21-16-10-11-23(22-16)12-15-8-6-5-7-9-15/h5-11,14,17,24H,12-13H2,1-4H3,(H2,20,21,22,25). The fourth-order valence-electron chi connectivity index (χ4n) is 2.76. The molecule has 0 radical (unpaired) electrons. The summed E-state index contributed by atoms with van der Waals surface area (Å²) in [4.78, 5) is 12.1. The highest BCUT2D eigenvalue weighted by atomic mass is 16.3. The van der Waals surface area contributed by atoms with Gasteiger partial charge in [-0.15, -0.1) is 0 Å². The van der Waals surface area contributed by atoms with Crippen LogP contribution in [0.2, 0.25) is 0 Å². The maximum absolute atomic E-state index is 12.1. The highest BCUT2D eigenvalue weighted by molar-refractivity contribution is 5.88. The molecule has 25 heavy (non-hydrogen) atoms. The Morgan fingerprint density at radius 1 is 1.24 bits per heavy atom. The molecule has 0 fully saturated rings. The molecule has 2 amide bonds. The molecule has 1 aromatic carbocycles. The highest BCUT2D eigenvalue weighted by Gasteiger charge is 2.30. The lowest BCUT2D eigenvalue weighted by Crippen LogP contribution is -2.44. The van der Waals surface area contributed by atoms with Crippen LogP contribution in [0.1, 0.15) is 33.3 Å². The molecule has 0 spiro atoms. The molecule has 0 saturated carbocycles. The molecule has 1 unspecified atom stereocenters. The smallest absolute Gasteiger partial charge is 0.320 e. The van der Waals surface area contributed by atoms with Crippen LogP contribution in [0.15, 0.2) is 42.6 Å². The van der Waals surface area contributed by atoms with Crippen molar-refractivity contribution in [3.05, 3.63) is 48.2 Å². The summed E-state index contributed by atoms with van der Waals surface area (Å²) in [7, 11) is 0. The number of aromatic nitrogens is 2. The molecule has 0 aliphatic heterocycles. The molecule has 2 aromatic rings. The largest absolute Gasteiger partial charge is 0.392 e. The second-order valence-corrected chi connectivity index (χ2v) is 7.37. The van der Waals surface area contributed by atoms with Crippen LogP contribution in [0.3, 0.4) is 0 Å². The van der Waals surface area contributed by atoms with E-state index in [0.717, 1.165) is 5.56 Å². The summed E-state index contributed by atoms with van der Waals surface area (Å²) in [5, 5.41) is 20.1. The van der Waals surface area contributed by atoms with Crippen LogP contribution in [0.25, 0.3) is 0 Å². The van der Waals surface area contributed by atoms with Gasteiger partial charge in [0.1, 0.15) is 0 Å². The number of amides is 2. The molecule has 136 valence electrons. The lowest BCUT2D eigenvalue weighted by Gasteiger charge is -2.33. The number of anilines is 1. The van der Waals surface area contributed by atoms with Crippen LogP contribution >= 0.6 is 0 Å². The number of benzene rings is 1. The number of carbonyl (C=O) groups is 1. The molecule has 2 rings (SSSR count). The van der Waals surface area contributed by atoms with E-state index in [1.54, 1.807) is 10.7 Å². The number of nitrogens with zero attached hydrogens (tertiary/aromatic N) is 2. The summed E-state index contributed by atoms with van der Waals surface area (Å²) >= 11 is 0. The van der Waals surface area contributed by atoms with Gasteiger partial charge < -0.3 is 10.4 Å². The zero-order chi connectivity index (χ0) is 18.4. The maximum Gasteiger partial charge on any atom is 0.320 e. The van der Waals surface area contributed by atoms with Crippen LogP contribution in [0.5, 0.6) is 0 Å². The van der Waals surface area contributed by atoms with Crippen LogP contribution in [-0.2, 0) is 6.54 Å². The first kappa shape index (κ1) is 19.0. The summed E-state index contributed by atoms with van der Waals surface area (Å²) in [5.41, 5.74) is 0.740. The molecule has 3 N–H and O–H groups in total. The number of rotatable bonds is 7. The fourth-order valence-corrected chi connectivity index (χ4v) is 2.76.